The van der Waals surface area contributed by atoms with Crippen LogP contribution in [0.5, 0.6) is 5.75 Å². The molecule has 1 atom stereocenters. The van der Waals surface area contributed by atoms with Crippen LogP contribution in [0.1, 0.15) is 32.4 Å². The van der Waals surface area contributed by atoms with Crippen LogP contribution in [0.2, 0.25) is 0 Å². The minimum absolute atomic E-state index is 0.0718. The fourth-order valence-corrected chi connectivity index (χ4v) is 2.49. The van der Waals surface area contributed by atoms with Crippen LogP contribution in [0.15, 0.2) is 29.3 Å². The Morgan fingerprint density at radius 2 is 1.96 bits per heavy atom. The third kappa shape index (κ3) is 7.74. The van der Waals surface area contributed by atoms with E-state index in [0.29, 0.717) is 12.5 Å². The van der Waals surface area contributed by atoms with Gasteiger partial charge in [0.1, 0.15) is 5.75 Å². The van der Waals surface area contributed by atoms with Crippen molar-refractivity contribution in [3.63, 3.8) is 0 Å². The molecule has 26 heavy (non-hydrogen) atoms. The minimum Gasteiger partial charge on any atom is -0.497 e. The second-order valence-electron chi connectivity index (χ2n) is 7.36. The summed E-state index contributed by atoms with van der Waals surface area (Å²) in [5.41, 5.74) is 0.890. The van der Waals surface area contributed by atoms with Gasteiger partial charge in [0.25, 0.3) is 0 Å². The molecule has 7 heteroatoms. The van der Waals surface area contributed by atoms with E-state index < -0.39 is 0 Å². The van der Waals surface area contributed by atoms with Gasteiger partial charge in [0.05, 0.1) is 19.7 Å². The average Bonchev–Trinajstić information content (AvgIpc) is 2.56. The summed E-state index contributed by atoms with van der Waals surface area (Å²) in [5.74, 6) is 1.34. The Kier molecular flexibility index (Phi) is 8.38. The summed E-state index contributed by atoms with van der Waals surface area (Å²) in [6, 6.07) is 8.14. The SMILES string of the molecule is CN=C(NCC(=O)NC(C)(C)C)NCC(c1cccc(OC)c1)N(C)C. The van der Waals surface area contributed by atoms with E-state index in [-0.39, 0.29) is 24.0 Å². The van der Waals surface area contributed by atoms with Crippen LogP contribution in [0.25, 0.3) is 0 Å². The lowest BCUT2D eigenvalue weighted by molar-refractivity contribution is -0.121. The number of benzene rings is 1. The Balaban J connectivity index is 2.65. The molecule has 1 unspecified atom stereocenters. The Labute approximate surface area is 157 Å². The smallest absolute Gasteiger partial charge is 0.239 e. The Morgan fingerprint density at radius 3 is 2.50 bits per heavy atom. The van der Waals surface area contributed by atoms with Crippen molar-refractivity contribution < 1.29 is 9.53 Å². The first-order chi connectivity index (χ1) is 12.2. The van der Waals surface area contributed by atoms with Gasteiger partial charge in [-0.1, -0.05) is 12.1 Å². The van der Waals surface area contributed by atoms with Gasteiger partial charge in [-0.2, -0.15) is 0 Å². The van der Waals surface area contributed by atoms with Crippen molar-refractivity contribution in [3.8, 4) is 5.75 Å². The largest absolute Gasteiger partial charge is 0.497 e. The first kappa shape index (κ1) is 21.8. The molecule has 1 amide bonds. The Hall–Kier alpha value is -2.28. The number of hydrogen-bond acceptors (Lipinski definition) is 4. The van der Waals surface area contributed by atoms with Crippen molar-refractivity contribution in [1.29, 1.82) is 0 Å². The molecule has 1 aromatic rings. The van der Waals surface area contributed by atoms with Crippen LogP contribution in [-0.4, -0.2) is 63.6 Å². The number of likely N-dealkylation sites (N-methyl/N-ethyl adjacent to an activating group) is 1. The van der Waals surface area contributed by atoms with Gasteiger partial charge in [-0.05, 0) is 52.6 Å². The number of nitrogens with one attached hydrogen (secondary N) is 3. The fourth-order valence-electron chi connectivity index (χ4n) is 2.49. The molecule has 1 rings (SSSR count). The molecule has 1 aromatic carbocycles. The zero-order valence-electron chi connectivity index (χ0n) is 17.0. The van der Waals surface area contributed by atoms with E-state index in [0.717, 1.165) is 11.3 Å². The van der Waals surface area contributed by atoms with Crippen LogP contribution in [0.3, 0.4) is 0 Å². The van der Waals surface area contributed by atoms with E-state index in [4.69, 9.17) is 4.74 Å². The minimum atomic E-state index is -0.252. The van der Waals surface area contributed by atoms with Gasteiger partial charge in [-0.15, -0.1) is 0 Å². The van der Waals surface area contributed by atoms with E-state index >= 15 is 0 Å². The zero-order valence-corrected chi connectivity index (χ0v) is 17.0. The predicted molar refractivity (Wildman–Crippen MR) is 107 cm³/mol. The second-order valence-corrected chi connectivity index (χ2v) is 7.36. The van der Waals surface area contributed by atoms with Crippen molar-refractivity contribution in [2.75, 3.05) is 41.3 Å². The van der Waals surface area contributed by atoms with Crippen molar-refractivity contribution in [3.05, 3.63) is 29.8 Å². The van der Waals surface area contributed by atoms with Gasteiger partial charge in [0.15, 0.2) is 5.96 Å². The summed E-state index contributed by atoms with van der Waals surface area (Å²) >= 11 is 0. The number of amides is 1. The van der Waals surface area contributed by atoms with Crippen LogP contribution in [0.4, 0.5) is 0 Å². The van der Waals surface area contributed by atoms with Gasteiger partial charge in [-0.25, -0.2) is 0 Å². The highest BCUT2D eigenvalue weighted by molar-refractivity contribution is 5.86. The first-order valence-electron chi connectivity index (χ1n) is 8.72. The normalized spacial score (nSPS) is 13.3. The predicted octanol–water partition coefficient (Wildman–Crippen LogP) is 1.38. The maximum atomic E-state index is 11.9. The second kappa shape index (κ2) is 10.0. The van der Waals surface area contributed by atoms with Crippen LogP contribution < -0.4 is 20.7 Å². The number of carbonyl (C=O) groups excluding carboxylic acids is 1. The summed E-state index contributed by atoms with van der Waals surface area (Å²) in [6.07, 6.45) is 0. The number of aliphatic imine (C=N–C) groups is 1. The average molecular weight is 364 g/mol. The molecule has 0 fully saturated rings. The molecule has 0 bridgehead atoms. The van der Waals surface area contributed by atoms with E-state index in [1.165, 1.54) is 0 Å². The summed E-state index contributed by atoms with van der Waals surface area (Å²) in [6.45, 7) is 6.67. The van der Waals surface area contributed by atoms with Gasteiger partial charge in [0, 0.05) is 19.1 Å². The molecule has 0 heterocycles. The molecule has 3 N–H and O–H groups in total. The molecule has 0 aliphatic carbocycles. The highest BCUT2D eigenvalue weighted by Crippen LogP contribution is 2.21. The third-order valence-electron chi connectivity index (χ3n) is 3.72. The van der Waals surface area contributed by atoms with Crippen molar-refractivity contribution in [1.82, 2.24) is 20.9 Å². The van der Waals surface area contributed by atoms with Gasteiger partial charge in [0.2, 0.25) is 5.91 Å². The maximum Gasteiger partial charge on any atom is 0.239 e. The Bertz CT molecular complexity index is 608. The lowest BCUT2D eigenvalue weighted by atomic mass is 10.1. The number of guanidine groups is 1. The maximum absolute atomic E-state index is 11.9. The summed E-state index contributed by atoms with van der Waals surface area (Å²) in [5, 5.41) is 9.24. The van der Waals surface area contributed by atoms with E-state index in [1.807, 2.05) is 53.1 Å². The number of rotatable bonds is 7. The van der Waals surface area contributed by atoms with Crippen molar-refractivity contribution >= 4 is 11.9 Å². The molecular formula is C19H33N5O2. The zero-order chi connectivity index (χ0) is 19.7. The number of methoxy groups -OCH3 is 1. The highest BCUT2D eigenvalue weighted by Gasteiger charge is 2.17. The van der Waals surface area contributed by atoms with Gasteiger partial charge >= 0.3 is 0 Å². The quantitative estimate of drug-likeness (QED) is 0.504. The lowest BCUT2D eigenvalue weighted by Crippen LogP contribution is -2.49. The number of nitrogens with zero attached hydrogens (tertiary/aromatic N) is 2. The van der Waals surface area contributed by atoms with Crippen LogP contribution in [0, 0.1) is 0 Å². The molecule has 0 radical (unpaired) electrons. The molecule has 0 saturated carbocycles. The molecular weight excluding hydrogens is 330 g/mol. The van der Waals surface area contributed by atoms with Crippen molar-refractivity contribution in [2.45, 2.75) is 32.4 Å². The summed E-state index contributed by atoms with van der Waals surface area (Å²) in [7, 11) is 7.40. The fraction of sp³-hybridized carbons (Fsp3) is 0.579. The molecule has 0 aliphatic heterocycles. The summed E-state index contributed by atoms with van der Waals surface area (Å²) < 4.78 is 5.32. The lowest BCUT2D eigenvalue weighted by Gasteiger charge is -2.26. The topological polar surface area (TPSA) is 78.0 Å². The van der Waals surface area contributed by atoms with E-state index in [1.54, 1.807) is 14.2 Å². The van der Waals surface area contributed by atoms with Gasteiger partial charge < -0.3 is 25.6 Å². The third-order valence-corrected chi connectivity index (χ3v) is 3.72. The highest BCUT2D eigenvalue weighted by atomic mass is 16.5. The van der Waals surface area contributed by atoms with E-state index in [9.17, 15) is 4.79 Å². The molecule has 0 spiro atoms. The molecule has 0 saturated heterocycles. The first-order valence-corrected chi connectivity index (χ1v) is 8.72. The molecule has 146 valence electrons. The standard InChI is InChI=1S/C19H33N5O2/c1-19(2,3)23-17(25)13-22-18(20-4)21-12-16(24(5)6)14-9-8-10-15(11-14)26-7/h8-11,16H,12-13H2,1-7H3,(H,23,25)(H2,20,21,22). The number of ether oxygens (including phenoxy) is 1. The monoisotopic (exact) mass is 363 g/mol. The molecule has 0 aromatic heterocycles. The number of hydrogen-bond donors (Lipinski definition) is 3. The Morgan fingerprint density at radius 1 is 1.27 bits per heavy atom. The number of carbonyl (C=O) groups is 1. The molecule has 7 nitrogen and oxygen atoms in total. The van der Waals surface area contributed by atoms with Crippen LogP contribution >= 0.6 is 0 Å². The summed E-state index contributed by atoms with van der Waals surface area (Å²) in [4.78, 5) is 18.3. The van der Waals surface area contributed by atoms with E-state index in [2.05, 4.69) is 31.9 Å². The molecule has 0 aliphatic rings. The van der Waals surface area contributed by atoms with Crippen LogP contribution in [-0.2, 0) is 4.79 Å². The van der Waals surface area contributed by atoms with Gasteiger partial charge in [-0.3, -0.25) is 9.79 Å². The van der Waals surface area contributed by atoms with Crippen molar-refractivity contribution in [2.24, 2.45) is 4.99 Å².